The third-order valence-electron chi connectivity index (χ3n) is 4.73. The first-order valence-electron chi connectivity index (χ1n) is 9.47. The fourth-order valence-electron chi connectivity index (χ4n) is 2.90. The second-order valence-corrected chi connectivity index (χ2v) is 7.01. The Bertz CT molecular complexity index is 1130. The predicted octanol–water partition coefficient (Wildman–Crippen LogP) is 4.18. The first-order chi connectivity index (χ1) is 14.3. The number of hydrogen-bond acceptors (Lipinski definition) is 3. The molecule has 0 aliphatic carbocycles. The third kappa shape index (κ3) is 5.37. The van der Waals surface area contributed by atoms with E-state index in [0.29, 0.717) is 24.3 Å². The number of allylic oxidation sites excluding steroid dienone is 2. The fourth-order valence-corrected chi connectivity index (χ4v) is 2.90. The van der Waals surface area contributed by atoms with Gasteiger partial charge < -0.3 is 10.3 Å². The van der Waals surface area contributed by atoms with Crippen molar-refractivity contribution in [3.05, 3.63) is 87.5 Å². The molecule has 30 heavy (non-hydrogen) atoms. The van der Waals surface area contributed by atoms with Crippen LogP contribution < -0.4 is 15.9 Å². The van der Waals surface area contributed by atoms with Gasteiger partial charge in [0.25, 0.3) is 0 Å². The van der Waals surface area contributed by atoms with E-state index in [0.717, 1.165) is 33.3 Å². The lowest BCUT2D eigenvalue weighted by atomic mass is 10.1. The number of H-pyrrole nitrogens is 1. The highest BCUT2D eigenvalue weighted by molar-refractivity contribution is 5.47. The van der Waals surface area contributed by atoms with Crippen LogP contribution in [0.4, 0.5) is 19.0 Å². The van der Waals surface area contributed by atoms with Gasteiger partial charge in [0.05, 0.1) is 0 Å². The maximum Gasteiger partial charge on any atom is 0.433 e. The molecule has 0 spiro atoms. The van der Waals surface area contributed by atoms with E-state index in [9.17, 15) is 13.2 Å². The molecule has 3 aromatic heterocycles. The van der Waals surface area contributed by atoms with Crippen LogP contribution in [0.3, 0.4) is 0 Å². The number of aromatic nitrogens is 3. The zero-order valence-electron chi connectivity index (χ0n) is 16.8. The Morgan fingerprint density at radius 3 is 2.47 bits per heavy atom. The van der Waals surface area contributed by atoms with Gasteiger partial charge in [0.2, 0.25) is 0 Å². The van der Waals surface area contributed by atoms with Gasteiger partial charge in [-0.25, -0.2) is 4.98 Å². The van der Waals surface area contributed by atoms with E-state index in [1.165, 1.54) is 12.3 Å². The van der Waals surface area contributed by atoms with Crippen molar-refractivity contribution in [1.82, 2.24) is 15.0 Å². The monoisotopic (exact) mass is 412 g/mol. The number of hydrogen-bond donors (Lipinski definition) is 2. The van der Waals surface area contributed by atoms with Crippen molar-refractivity contribution in [2.24, 2.45) is 0 Å². The molecule has 0 aliphatic rings. The molecule has 0 saturated carbocycles. The van der Waals surface area contributed by atoms with Crippen molar-refractivity contribution < 1.29 is 13.2 Å². The van der Waals surface area contributed by atoms with Crippen molar-refractivity contribution in [2.45, 2.75) is 33.0 Å². The van der Waals surface area contributed by atoms with Crippen molar-refractivity contribution in [3.8, 4) is 0 Å². The van der Waals surface area contributed by atoms with Gasteiger partial charge in [-0.1, -0.05) is 30.4 Å². The number of pyridine rings is 2. The van der Waals surface area contributed by atoms with Crippen LogP contribution in [0.25, 0.3) is 12.7 Å². The van der Waals surface area contributed by atoms with E-state index >= 15 is 0 Å². The summed E-state index contributed by atoms with van der Waals surface area (Å²) in [6.45, 7) is 8.43. The maximum absolute atomic E-state index is 12.6. The molecule has 0 saturated heterocycles. The van der Waals surface area contributed by atoms with Gasteiger partial charge in [-0.05, 0) is 48.7 Å². The van der Waals surface area contributed by atoms with Gasteiger partial charge >= 0.3 is 6.18 Å². The highest BCUT2D eigenvalue weighted by Gasteiger charge is 2.31. The molecule has 0 bridgehead atoms. The smallest absolute Gasteiger partial charge is 0.366 e. The maximum atomic E-state index is 12.6. The highest BCUT2D eigenvalue weighted by Crippen LogP contribution is 2.27. The largest absolute Gasteiger partial charge is 0.433 e. The summed E-state index contributed by atoms with van der Waals surface area (Å²) in [6.07, 6.45) is 5.40. The number of halogens is 3. The van der Waals surface area contributed by atoms with E-state index < -0.39 is 11.9 Å². The first-order valence-corrected chi connectivity index (χ1v) is 9.47. The average molecular weight is 412 g/mol. The Morgan fingerprint density at radius 1 is 1.13 bits per heavy atom. The Labute approximate surface area is 172 Å². The van der Waals surface area contributed by atoms with Crippen LogP contribution in [0.15, 0.2) is 54.5 Å². The molecule has 3 aromatic rings. The summed E-state index contributed by atoms with van der Waals surface area (Å²) in [7, 11) is 0. The number of nitrogens with one attached hydrogen (secondary N) is 2. The summed E-state index contributed by atoms with van der Waals surface area (Å²) >= 11 is 0. The molecule has 3 heterocycles. The van der Waals surface area contributed by atoms with Gasteiger partial charge in [0.15, 0.2) is 0 Å². The third-order valence-corrected chi connectivity index (χ3v) is 4.73. The van der Waals surface area contributed by atoms with E-state index in [2.05, 4.69) is 32.9 Å². The lowest BCUT2D eigenvalue weighted by molar-refractivity contribution is -0.141. The van der Waals surface area contributed by atoms with Crippen LogP contribution in [-0.2, 0) is 19.1 Å². The number of nitrogens with zero attached hydrogens (tertiary/aromatic N) is 2. The van der Waals surface area contributed by atoms with Crippen LogP contribution in [0.5, 0.6) is 0 Å². The molecule has 3 rings (SSSR count). The Hall–Kier alpha value is -3.35. The summed E-state index contributed by atoms with van der Waals surface area (Å²) in [5.74, 6) is 0.641. The van der Waals surface area contributed by atoms with Crippen LogP contribution in [0, 0.1) is 0 Å². The van der Waals surface area contributed by atoms with E-state index in [-0.39, 0.29) is 0 Å². The molecule has 156 valence electrons. The van der Waals surface area contributed by atoms with Gasteiger partial charge in [-0.3, -0.25) is 4.98 Å². The predicted molar refractivity (Wildman–Crippen MR) is 113 cm³/mol. The Kier molecular flexibility index (Phi) is 6.40. The van der Waals surface area contributed by atoms with Gasteiger partial charge in [-0.2, -0.15) is 13.2 Å². The van der Waals surface area contributed by atoms with E-state index in [1.807, 2.05) is 38.3 Å². The minimum absolute atomic E-state index is 0.335. The van der Waals surface area contributed by atoms with E-state index in [4.69, 9.17) is 0 Å². The molecule has 0 fully saturated rings. The zero-order valence-corrected chi connectivity index (χ0v) is 16.8. The molecule has 0 aromatic carbocycles. The van der Waals surface area contributed by atoms with Crippen molar-refractivity contribution >= 4 is 18.5 Å². The summed E-state index contributed by atoms with van der Waals surface area (Å²) in [5, 5.41) is 5.06. The molecular weight excluding hydrogens is 389 g/mol. The molecule has 0 radical (unpaired) electrons. The second kappa shape index (κ2) is 8.98. The van der Waals surface area contributed by atoms with Gasteiger partial charge in [-0.15, -0.1) is 0 Å². The van der Waals surface area contributed by atoms with Crippen molar-refractivity contribution in [3.63, 3.8) is 0 Å². The molecule has 7 heteroatoms. The zero-order chi connectivity index (χ0) is 21.7. The SMILES string of the molecule is C=c1[nH]cc(Cc2ccc(NCc3ccc(C(F)(F)F)nc3)nc2)/c1=C/C(C)=C\C. The number of anilines is 1. The van der Waals surface area contributed by atoms with E-state index in [1.54, 1.807) is 6.20 Å². The van der Waals surface area contributed by atoms with Crippen LogP contribution >= 0.6 is 0 Å². The number of aromatic amines is 1. The first kappa shape index (κ1) is 21.4. The summed E-state index contributed by atoms with van der Waals surface area (Å²) in [4.78, 5) is 11.0. The normalized spacial score (nSPS) is 13.0. The lowest BCUT2D eigenvalue weighted by Crippen LogP contribution is -2.23. The van der Waals surface area contributed by atoms with Crippen LogP contribution in [0.1, 0.15) is 36.2 Å². The van der Waals surface area contributed by atoms with Gasteiger partial charge in [0, 0.05) is 42.1 Å². The Balaban J connectivity index is 1.65. The second-order valence-electron chi connectivity index (χ2n) is 7.01. The Morgan fingerprint density at radius 2 is 1.87 bits per heavy atom. The average Bonchev–Trinajstić information content (AvgIpc) is 3.06. The number of alkyl halides is 3. The summed E-state index contributed by atoms with van der Waals surface area (Å²) in [5.41, 5.74) is 3.09. The molecule has 2 N–H and O–H groups in total. The molecule has 0 amide bonds. The molecular formula is C23H23F3N4. The van der Waals surface area contributed by atoms with Crippen LogP contribution in [0.2, 0.25) is 0 Å². The topological polar surface area (TPSA) is 53.6 Å². The van der Waals surface area contributed by atoms with Crippen molar-refractivity contribution in [2.75, 3.05) is 5.32 Å². The standard InChI is InChI=1S/C23H23F3N4/c1-4-15(2)9-20-16(3)27-14-19(20)10-17-6-8-22(29-11-17)30-13-18-5-7-21(28-12-18)23(24,25)26/h4-9,11-12,14,27H,3,10,13H2,1-2H3,(H,29,30)/b15-4-,20-9+. The summed E-state index contributed by atoms with van der Waals surface area (Å²) < 4.78 is 37.7. The fraction of sp³-hybridized carbons (Fsp3) is 0.217. The minimum atomic E-state index is -4.43. The number of rotatable bonds is 6. The van der Waals surface area contributed by atoms with Crippen LogP contribution in [-0.4, -0.2) is 15.0 Å². The van der Waals surface area contributed by atoms with Gasteiger partial charge in [0.1, 0.15) is 11.5 Å². The molecule has 0 unspecified atom stereocenters. The molecule has 0 atom stereocenters. The molecule has 4 nitrogen and oxygen atoms in total. The minimum Gasteiger partial charge on any atom is -0.366 e. The highest BCUT2D eigenvalue weighted by atomic mass is 19.4. The quantitative estimate of drug-likeness (QED) is 0.639. The molecule has 0 aliphatic heterocycles. The lowest BCUT2D eigenvalue weighted by Gasteiger charge is -2.08. The summed E-state index contributed by atoms with van der Waals surface area (Å²) in [6, 6.07) is 6.21. The van der Waals surface area contributed by atoms with Crippen molar-refractivity contribution in [1.29, 1.82) is 0 Å².